The Bertz CT molecular complexity index is 2070. The van der Waals surface area contributed by atoms with Gasteiger partial charge in [-0.2, -0.15) is 4.98 Å². The summed E-state index contributed by atoms with van der Waals surface area (Å²) < 4.78 is 18.7. The topological polar surface area (TPSA) is 152 Å². The van der Waals surface area contributed by atoms with Crippen LogP contribution in [0.2, 0.25) is 5.02 Å². The molecule has 3 aliphatic heterocycles. The van der Waals surface area contributed by atoms with Crippen LogP contribution in [-0.2, 0) is 18.9 Å². The summed E-state index contributed by atoms with van der Waals surface area (Å²) in [7, 11) is -0.927. The Morgan fingerprint density at radius 1 is 1.05 bits per heavy atom. The zero-order valence-corrected chi connectivity index (χ0v) is 34.4. The fourth-order valence-electron chi connectivity index (χ4n) is 7.49. The van der Waals surface area contributed by atoms with Crippen LogP contribution in [-0.4, -0.2) is 121 Å². The number of carbonyl (C=O) groups is 3. The largest absolute Gasteiger partial charge is 0.494 e. The van der Waals surface area contributed by atoms with Gasteiger partial charge in [0.15, 0.2) is 5.82 Å². The van der Waals surface area contributed by atoms with Crippen LogP contribution >= 0.6 is 18.7 Å². The van der Waals surface area contributed by atoms with E-state index in [2.05, 4.69) is 59.8 Å². The third kappa shape index (κ3) is 10.3. The fourth-order valence-corrected chi connectivity index (χ4v) is 8.78. The number of halogens is 1. The summed E-state index contributed by atoms with van der Waals surface area (Å²) in [5.74, 6) is 0.259. The summed E-state index contributed by atoms with van der Waals surface area (Å²) >= 11 is 6.47. The Morgan fingerprint density at radius 2 is 1.79 bits per heavy atom. The van der Waals surface area contributed by atoms with E-state index in [4.69, 9.17) is 16.3 Å². The van der Waals surface area contributed by atoms with Crippen LogP contribution in [0.1, 0.15) is 25.7 Å². The first kappa shape index (κ1) is 41.6. The van der Waals surface area contributed by atoms with E-state index < -0.39 is 19.1 Å². The number of para-hydroxylation sites is 1. The first-order valence-electron chi connectivity index (χ1n) is 19.1. The zero-order valence-electron chi connectivity index (χ0n) is 32.7. The van der Waals surface area contributed by atoms with Gasteiger partial charge in [-0.25, -0.2) is 4.98 Å². The van der Waals surface area contributed by atoms with Gasteiger partial charge in [-0.15, -0.1) is 0 Å². The second-order valence-corrected chi connectivity index (χ2v) is 18.4. The molecule has 57 heavy (non-hydrogen) atoms. The highest BCUT2D eigenvalue weighted by atomic mass is 35.5. The number of imide groups is 1. The number of carbonyl (C=O) groups excluding carboxylic acids is 3. The van der Waals surface area contributed by atoms with Gasteiger partial charge in [0.05, 0.1) is 31.4 Å². The number of amides is 3. The van der Waals surface area contributed by atoms with Crippen molar-refractivity contribution in [2.45, 2.75) is 37.8 Å². The van der Waals surface area contributed by atoms with Crippen LogP contribution in [0.5, 0.6) is 5.75 Å². The lowest BCUT2D eigenvalue weighted by Crippen LogP contribution is -2.59. The van der Waals surface area contributed by atoms with Gasteiger partial charge in [-0.3, -0.25) is 29.5 Å². The zero-order chi connectivity index (χ0) is 40.7. The first-order valence-corrected chi connectivity index (χ1v) is 22.1. The first-order chi connectivity index (χ1) is 27.3. The molecule has 4 heterocycles. The molecule has 0 saturated carbocycles. The van der Waals surface area contributed by atoms with Gasteiger partial charge in [0.2, 0.25) is 17.8 Å². The van der Waals surface area contributed by atoms with Gasteiger partial charge in [-0.1, -0.05) is 55.1 Å². The molecule has 0 bridgehead atoms. The number of methoxy groups -OCH3 is 1. The molecule has 16 heteroatoms. The second-order valence-electron chi connectivity index (χ2n) is 14.8. The molecule has 3 amide bonds. The molecule has 1 unspecified atom stereocenters. The lowest BCUT2D eigenvalue weighted by Gasteiger charge is -2.44. The molecule has 2 aromatic carbocycles. The van der Waals surface area contributed by atoms with Gasteiger partial charge in [0.1, 0.15) is 24.0 Å². The Labute approximate surface area is 339 Å². The molecule has 6 rings (SSSR count). The van der Waals surface area contributed by atoms with Crippen molar-refractivity contribution in [2.75, 3.05) is 81.9 Å². The van der Waals surface area contributed by atoms with E-state index in [0.717, 1.165) is 57.8 Å². The number of hydrogen-bond donors (Lipinski definition) is 3. The molecule has 0 spiro atoms. The minimum Gasteiger partial charge on any atom is -0.494 e. The number of rotatable bonds is 14. The lowest BCUT2D eigenvalue weighted by molar-refractivity contribution is -0.146. The SMILES string of the molecule is C=C/C=C\C(=C)C(=O)N(CN1CCN(C2CCN(c3ccc(Nc4ncc(Cl)c(Nc5ccccc5P(C)(C)=O)n4)c(OC)c3)CC2)CC1)C1CCC(=O)NC1=O. The number of nitrogens with zero attached hydrogens (tertiary/aromatic N) is 6. The van der Waals surface area contributed by atoms with Gasteiger partial charge < -0.3 is 29.7 Å². The molecule has 3 aromatic rings. The highest BCUT2D eigenvalue weighted by Crippen LogP contribution is 2.39. The number of piperidine rings is 2. The summed E-state index contributed by atoms with van der Waals surface area (Å²) in [5, 5.41) is 9.92. The van der Waals surface area contributed by atoms with Gasteiger partial charge in [-0.05, 0) is 56.9 Å². The molecule has 0 radical (unpaired) electrons. The quantitative estimate of drug-likeness (QED) is 0.0833. The Morgan fingerprint density at radius 3 is 2.47 bits per heavy atom. The molecule has 3 aliphatic rings. The van der Waals surface area contributed by atoms with E-state index in [9.17, 15) is 18.9 Å². The van der Waals surface area contributed by atoms with Crippen LogP contribution in [0.15, 0.2) is 85.6 Å². The third-order valence-corrected chi connectivity index (χ3v) is 12.4. The predicted molar refractivity (Wildman–Crippen MR) is 227 cm³/mol. The average Bonchev–Trinajstić information content (AvgIpc) is 3.20. The summed E-state index contributed by atoms with van der Waals surface area (Å²) in [6, 6.07) is 13.1. The highest BCUT2D eigenvalue weighted by molar-refractivity contribution is 7.70. The average molecular weight is 816 g/mol. The van der Waals surface area contributed by atoms with Crippen molar-refractivity contribution in [3.8, 4) is 5.75 Å². The van der Waals surface area contributed by atoms with Crippen molar-refractivity contribution in [3.63, 3.8) is 0 Å². The van der Waals surface area contributed by atoms with Gasteiger partial charge in [0, 0.05) is 74.4 Å². The Kier molecular flexibility index (Phi) is 13.5. The molecule has 14 nitrogen and oxygen atoms in total. The summed E-state index contributed by atoms with van der Waals surface area (Å²) in [4.78, 5) is 55.8. The summed E-state index contributed by atoms with van der Waals surface area (Å²) in [6.07, 6.45) is 8.79. The van der Waals surface area contributed by atoms with Crippen molar-refractivity contribution in [2.24, 2.45) is 0 Å². The molecule has 1 atom stereocenters. The van der Waals surface area contributed by atoms with Crippen LogP contribution in [0.3, 0.4) is 0 Å². The number of benzene rings is 2. The predicted octanol–water partition coefficient (Wildman–Crippen LogP) is 5.35. The molecule has 3 fully saturated rings. The number of anilines is 5. The molecule has 3 N–H and O–H groups in total. The normalized spacial score (nSPS) is 18.6. The second kappa shape index (κ2) is 18.5. The van der Waals surface area contributed by atoms with Gasteiger partial charge in [0.25, 0.3) is 5.91 Å². The Hall–Kier alpha value is -5.01. The van der Waals surface area contributed by atoms with Crippen molar-refractivity contribution in [1.29, 1.82) is 0 Å². The number of piperazine rings is 1. The maximum absolute atomic E-state index is 13.5. The smallest absolute Gasteiger partial charge is 0.254 e. The van der Waals surface area contributed by atoms with E-state index in [-0.39, 0.29) is 36.9 Å². The fraction of sp³-hybridized carbons (Fsp3) is 0.390. The van der Waals surface area contributed by atoms with E-state index >= 15 is 0 Å². The number of allylic oxidation sites excluding steroid dienone is 2. The van der Waals surface area contributed by atoms with E-state index in [1.54, 1.807) is 43.6 Å². The number of ether oxygens (including phenoxy) is 1. The maximum Gasteiger partial charge on any atom is 0.254 e. The standard InChI is InChI=1S/C41H51ClN9O5P/c1-6-7-10-28(2)40(54)51(34-15-16-37(52)46-39(34)53)27-48-21-23-50(24-22-48)29-17-19-49(20-18-29)30-13-14-32(35(25-30)56-3)45-41-43-26-31(42)38(47-41)44-33-11-8-9-12-36(33)57(4,5)55/h6-14,25-26,29,34H,1-2,15-24,27H2,3-5H3,(H,46,52,53)(H2,43,44,45,47)/b10-7-. The summed E-state index contributed by atoms with van der Waals surface area (Å²) in [5.41, 5.74) is 2.69. The molecule has 3 saturated heterocycles. The highest BCUT2D eigenvalue weighted by Gasteiger charge is 2.37. The molecular weight excluding hydrogens is 765 g/mol. The monoisotopic (exact) mass is 815 g/mol. The van der Waals surface area contributed by atoms with Crippen LogP contribution < -0.4 is 30.9 Å². The number of aromatic nitrogens is 2. The molecule has 302 valence electrons. The van der Waals surface area contributed by atoms with E-state index in [1.165, 1.54) is 6.20 Å². The molecule has 1 aromatic heterocycles. The molecular formula is C41H51ClN9O5P. The van der Waals surface area contributed by atoms with Crippen LogP contribution in [0.25, 0.3) is 0 Å². The van der Waals surface area contributed by atoms with Crippen molar-refractivity contribution in [3.05, 3.63) is 90.6 Å². The van der Waals surface area contributed by atoms with Gasteiger partial charge >= 0.3 is 0 Å². The number of hydrogen-bond acceptors (Lipinski definition) is 12. The third-order valence-electron chi connectivity index (χ3n) is 10.6. The van der Waals surface area contributed by atoms with Crippen LogP contribution in [0, 0.1) is 0 Å². The van der Waals surface area contributed by atoms with Crippen LogP contribution in [0.4, 0.5) is 28.8 Å². The molecule has 0 aliphatic carbocycles. The maximum atomic E-state index is 13.5. The minimum atomic E-state index is -2.56. The Balaban J connectivity index is 1.03. The summed E-state index contributed by atoms with van der Waals surface area (Å²) in [6.45, 7) is 16.3. The minimum absolute atomic E-state index is 0.189. The van der Waals surface area contributed by atoms with E-state index in [0.29, 0.717) is 45.3 Å². The van der Waals surface area contributed by atoms with Crippen molar-refractivity contribution in [1.82, 2.24) is 30.0 Å². The van der Waals surface area contributed by atoms with Crippen molar-refractivity contribution >= 4 is 70.6 Å². The van der Waals surface area contributed by atoms with Crippen molar-refractivity contribution < 1.29 is 23.7 Å². The van der Waals surface area contributed by atoms with E-state index in [1.807, 2.05) is 36.4 Å². The number of nitrogens with one attached hydrogen (secondary N) is 3. The lowest BCUT2D eigenvalue weighted by atomic mass is 10.0.